The zero-order valence-electron chi connectivity index (χ0n) is 10.8. The molecule has 1 aliphatic carbocycles. The van der Waals surface area contributed by atoms with Crippen molar-refractivity contribution in [3.8, 4) is 0 Å². The maximum Gasteiger partial charge on any atom is 0.227 e. The number of carbonyl (C=O) groups is 2. The zero-order chi connectivity index (χ0) is 13.5. The molecule has 1 fully saturated rings. The number of amides is 2. The third-order valence-electron chi connectivity index (χ3n) is 3.29. The van der Waals surface area contributed by atoms with Crippen molar-refractivity contribution in [3.63, 3.8) is 0 Å². The van der Waals surface area contributed by atoms with Crippen LogP contribution in [0.3, 0.4) is 0 Å². The fourth-order valence-electron chi connectivity index (χ4n) is 2.24. The molecule has 5 nitrogen and oxygen atoms in total. The van der Waals surface area contributed by atoms with E-state index in [1.165, 1.54) is 11.8 Å². The second-order valence-corrected chi connectivity index (χ2v) is 5.80. The first-order valence-electron chi connectivity index (χ1n) is 6.32. The van der Waals surface area contributed by atoms with Gasteiger partial charge >= 0.3 is 0 Å². The molecule has 0 aromatic heterocycles. The van der Waals surface area contributed by atoms with Crippen LogP contribution >= 0.6 is 11.8 Å². The van der Waals surface area contributed by atoms with Crippen LogP contribution in [0.5, 0.6) is 0 Å². The molecular weight excluding hydrogens is 252 g/mol. The Balaban J connectivity index is 2.29. The summed E-state index contributed by atoms with van der Waals surface area (Å²) < 4.78 is 0. The molecule has 0 heterocycles. The number of nitrogens with two attached hydrogens (primary N) is 1. The van der Waals surface area contributed by atoms with Crippen LogP contribution < -0.4 is 5.73 Å². The van der Waals surface area contributed by atoms with Gasteiger partial charge < -0.3 is 15.7 Å². The minimum atomic E-state index is -0.397. The summed E-state index contributed by atoms with van der Waals surface area (Å²) in [6.07, 6.45) is 3.74. The number of rotatable bonds is 6. The van der Waals surface area contributed by atoms with Crippen molar-refractivity contribution in [2.75, 3.05) is 18.6 Å². The highest BCUT2D eigenvalue weighted by atomic mass is 32.2. The Morgan fingerprint density at radius 1 is 1.39 bits per heavy atom. The lowest BCUT2D eigenvalue weighted by Gasteiger charge is -2.35. The first-order valence-corrected chi connectivity index (χ1v) is 7.47. The number of aliphatic hydroxyl groups is 1. The second kappa shape index (κ2) is 7.63. The molecule has 104 valence electrons. The van der Waals surface area contributed by atoms with E-state index in [4.69, 9.17) is 5.73 Å². The predicted octanol–water partition coefficient (Wildman–Crippen LogP) is 0.357. The van der Waals surface area contributed by atoms with E-state index in [0.717, 1.165) is 25.7 Å². The number of hydrogen-bond donors (Lipinski definition) is 2. The number of primary amides is 1. The van der Waals surface area contributed by atoms with Crippen LogP contribution in [0, 0.1) is 0 Å². The monoisotopic (exact) mass is 274 g/mol. The number of thioether (sulfide) groups is 1. The summed E-state index contributed by atoms with van der Waals surface area (Å²) in [5, 5.41) is 9.87. The Morgan fingerprint density at radius 3 is 2.67 bits per heavy atom. The molecule has 0 aromatic carbocycles. The SMILES string of the molecule is CN(C(=O)CCSCC(N)=O)C1CCCCC1O. The van der Waals surface area contributed by atoms with Gasteiger partial charge in [-0.1, -0.05) is 12.8 Å². The number of aliphatic hydroxyl groups excluding tert-OH is 1. The number of likely N-dealkylation sites (N-methyl/N-ethyl adjacent to an activating group) is 1. The average molecular weight is 274 g/mol. The smallest absolute Gasteiger partial charge is 0.227 e. The lowest BCUT2D eigenvalue weighted by atomic mass is 9.91. The summed E-state index contributed by atoms with van der Waals surface area (Å²) in [4.78, 5) is 24.1. The van der Waals surface area contributed by atoms with Crippen molar-refractivity contribution in [2.45, 2.75) is 44.2 Å². The van der Waals surface area contributed by atoms with E-state index in [2.05, 4.69) is 0 Å². The zero-order valence-corrected chi connectivity index (χ0v) is 11.6. The van der Waals surface area contributed by atoms with Crippen molar-refractivity contribution >= 4 is 23.6 Å². The molecule has 1 rings (SSSR count). The molecule has 2 unspecified atom stereocenters. The highest BCUT2D eigenvalue weighted by molar-refractivity contribution is 7.99. The van der Waals surface area contributed by atoms with E-state index < -0.39 is 6.10 Å². The molecule has 3 N–H and O–H groups in total. The fourth-order valence-corrected chi connectivity index (χ4v) is 2.90. The van der Waals surface area contributed by atoms with Crippen molar-refractivity contribution in [3.05, 3.63) is 0 Å². The Kier molecular flexibility index (Phi) is 6.49. The summed E-state index contributed by atoms with van der Waals surface area (Å²) in [7, 11) is 1.75. The Bertz CT molecular complexity index is 299. The van der Waals surface area contributed by atoms with E-state index in [1.54, 1.807) is 11.9 Å². The summed E-state index contributed by atoms with van der Waals surface area (Å²) >= 11 is 1.37. The largest absolute Gasteiger partial charge is 0.391 e. The lowest BCUT2D eigenvalue weighted by molar-refractivity contribution is -0.134. The molecule has 0 saturated heterocycles. The first kappa shape index (κ1) is 15.3. The summed E-state index contributed by atoms with van der Waals surface area (Å²) in [6.45, 7) is 0. The summed E-state index contributed by atoms with van der Waals surface area (Å²) in [6, 6.07) is -0.0487. The molecular formula is C12H22N2O3S. The quantitative estimate of drug-likeness (QED) is 0.685. The van der Waals surface area contributed by atoms with Gasteiger partial charge in [0.15, 0.2) is 0 Å². The van der Waals surface area contributed by atoms with Gasteiger partial charge in [-0.25, -0.2) is 0 Å². The predicted molar refractivity (Wildman–Crippen MR) is 72.2 cm³/mol. The van der Waals surface area contributed by atoms with Gasteiger partial charge in [-0.15, -0.1) is 0 Å². The van der Waals surface area contributed by atoms with Crippen LogP contribution in [0.25, 0.3) is 0 Å². The Morgan fingerprint density at radius 2 is 2.06 bits per heavy atom. The fraction of sp³-hybridized carbons (Fsp3) is 0.833. The standard InChI is InChI=1S/C12H22N2O3S/c1-14(9-4-2-3-5-10(9)15)12(17)6-7-18-8-11(13)16/h9-10,15H,2-8H2,1H3,(H2,13,16). The van der Waals surface area contributed by atoms with Crippen LogP contribution in [0.2, 0.25) is 0 Å². The maximum atomic E-state index is 11.9. The molecule has 0 aromatic rings. The van der Waals surface area contributed by atoms with Crippen LogP contribution in [0.15, 0.2) is 0 Å². The normalized spacial score (nSPS) is 23.7. The van der Waals surface area contributed by atoms with Crippen LogP contribution in [0.1, 0.15) is 32.1 Å². The number of carbonyl (C=O) groups excluding carboxylic acids is 2. The van der Waals surface area contributed by atoms with Gasteiger partial charge in [-0.2, -0.15) is 11.8 Å². The van der Waals surface area contributed by atoms with E-state index in [1.807, 2.05) is 0 Å². The molecule has 2 atom stereocenters. The van der Waals surface area contributed by atoms with E-state index in [9.17, 15) is 14.7 Å². The molecule has 18 heavy (non-hydrogen) atoms. The average Bonchev–Trinajstić information content (AvgIpc) is 2.34. The van der Waals surface area contributed by atoms with E-state index in [0.29, 0.717) is 12.2 Å². The highest BCUT2D eigenvalue weighted by Gasteiger charge is 2.28. The maximum absolute atomic E-state index is 11.9. The van der Waals surface area contributed by atoms with Crippen LogP contribution in [-0.2, 0) is 9.59 Å². The highest BCUT2D eigenvalue weighted by Crippen LogP contribution is 2.23. The Labute approximate surface area is 112 Å². The molecule has 2 amide bonds. The molecule has 0 spiro atoms. The van der Waals surface area contributed by atoms with Gasteiger partial charge in [0.25, 0.3) is 0 Å². The molecule has 0 bridgehead atoms. The number of hydrogen-bond acceptors (Lipinski definition) is 4. The minimum Gasteiger partial charge on any atom is -0.391 e. The van der Waals surface area contributed by atoms with Gasteiger partial charge in [0.05, 0.1) is 17.9 Å². The van der Waals surface area contributed by atoms with Gasteiger partial charge in [-0.3, -0.25) is 9.59 Å². The first-order chi connectivity index (χ1) is 8.52. The van der Waals surface area contributed by atoms with Crippen LogP contribution in [0.4, 0.5) is 0 Å². The molecule has 1 aliphatic rings. The van der Waals surface area contributed by atoms with Gasteiger partial charge in [0.1, 0.15) is 0 Å². The van der Waals surface area contributed by atoms with Crippen molar-refractivity contribution in [1.82, 2.24) is 4.90 Å². The van der Waals surface area contributed by atoms with Gasteiger partial charge in [0, 0.05) is 19.2 Å². The van der Waals surface area contributed by atoms with E-state index >= 15 is 0 Å². The third-order valence-corrected chi connectivity index (χ3v) is 4.27. The van der Waals surface area contributed by atoms with Crippen molar-refractivity contribution in [1.29, 1.82) is 0 Å². The van der Waals surface area contributed by atoms with Crippen LogP contribution in [-0.4, -0.2) is 52.5 Å². The third kappa shape index (κ3) is 4.86. The molecule has 1 saturated carbocycles. The molecule has 0 aliphatic heterocycles. The number of nitrogens with zero attached hydrogens (tertiary/aromatic N) is 1. The summed E-state index contributed by atoms with van der Waals surface area (Å²) in [5.74, 6) is 0.513. The topological polar surface area (TPSA) is 83.6 Å². The van der Waals surface area contributed by atoms with Gasteiger partial charge in [-0.05, 0) is 12.8 Å². The van der Waals surface area contributed by atoms with Gasteiger partial charge in [0.2, 0.25) is 11.8 Å². The van der Waals surface area contributed by atoms with Crippen molar-refractivity contribution in [2.24, 2.45) is 5.73 Å². The Hall–Kier alpha value is -0.750. The lowest BCUT2D eigenvalue weighted by Crippen LogP contribution is -2.46. The van der Waals surface area contributed by atoms with Crippen molar-refractivity contribution < 1.29 is 14.7 Å². The van der Waals surface area contributed by atoms with E-state index in [-0.39, 0.29) is 23.6 Å². The second-order valence-electron chi connectivity index (χ2n) is 4.69. The molecule has 0 radical (unpaired) electrons. The molecule has 6 heteroatoms. The summed E-state index contributed by atoms with van der Waals surface area (Å²) in [5.41, 5.74) is 5.02. The minimum absolute atomic E-state index is 0.0259.